The Morgan fingerprint density at radius 3 is 2.83 bits per heavy atom. The normalized spacial score (nSPS) is 21.1. The second-order valence-electron chi connectivity index (χ2n) is 6.02. The summed E-state index contributed by atoms with van der Waals surface area (Å²) in [7, 11) is 0. The summed E-state index contributed by atoms with van der Waals surface area (Å²) >= 11 is 6.27. The first-order chi connectivity index (χ1) is 11.5. The first kappa shape index (κ1) is 16.9. The molecule has 1 aliphatic heterocycles. The van der Waals surface area contributed by atoms with Crippen LogP contribution in [-0.4, -0.2) is 50.9 Å². The summed E-state index contributed by atoms with van der Waals surface area (Å²) in [6.45, 7) is 6.97. The van der Waals surface area contributed by atoms with Gasteiger partial charge in [-0.1, -0.05) is 30.7 Å². The van der Waals surface area contributed by atoms with Gasteiger partial charge < -0.3 is 9.64 Å². The fraction of sp³-hybridized carbons (Fsp3) is 0.471. The van der Waals surface area contributed by atoms with Crippen molar-refractivity contribution in [1.82, 2.24) is 19.7 Å². The Hall–Kier alpha value is -1.92. The molecule has 0 spiro atoms. The molecule has 3 rings (SSSR count). The quantitative estimate of drug-likeness (QED) is 0.855. The van der Waals surface area contributed by atoms with E-state index in [0.29, 0.717) is 30.4 Å². The number of carbonyl (C=O) groups excluding carboxylic acids is 1. The number of carbonyl (C=O) groups is 1. The smallest absolute Gasteiger partial charge is 0.293 e. The second kappa shape index (κ2) is 6.91. The molecule has 1 fully saturated rings. The van der Waals surface area contributed by atoms with Crippen molar-refractivity contribution >= 4 is 17.5 Å². The van der Waals surface area contributed by atoms with Crippen molar-refractivity contribution in [3.8, 4) is 5.69 Å². The summed E-state index contributed by atoms with van der Waals surface area (Å²) in [5.74, 6) is 0.742. The predicted molar refractivity (Wildman–Crippen MR) is 91.7 cm³/mol. The van der Waals surface area contributed by atoms with Gasteiger partial charge in [0.25, 0.3) is 5.91 Å². The van der Waals surface area contributed by atoms with Gasteiger partial charge in [0, 0.05) is 13.0 Å². The Bertz CT molecular complexity index is 746. The molecule has 6 nitrogen and oxygen atoms in total. The Morgan fingerprint density at radius 1 is 1.38 bits per heavy atom. The average molecular weight is 349 g/mol. The van der Waals surface area contributed by atoms with Crippen LogP contribution >= 0.6 is 11.6 Å². The molecule has 1 amide bonds. The van der Waals surface area contributed by atoms with Gasteiger partial charge in [0.2, 0.25) is 5.82 Å². The van der Waals surface area contributed by atoms with E-state index in [4.69, 9.17) is 16.3 Å². The van der Waals surface area contributed by atoms with Crippen LogP contribution in [0.4, 0.5) is 0 Å². The van der Waals surface area contributed by atoms with Crippen LogP contribution in [-0.2, 0) is 11.2 Å². The molecule has 1 aromatic carbocycles. The highest BCUT2D eigenvalue weighted by atomic mass is 35.5. The van der Waals surface area contributed by atoms with Crippen LogP contribution in [0.5, 0.6) is 0 Å². The molecule has 0 N–H and O–H groups in total. The summed E-state index contributed by atoms with van der Waals surface area (Å²) in [4.78, 5) is 19.1. The number of halogens is 1. The van der Waals surface area contributed by atoms with Gasteiger partial charge in [-0.25, -0.2) is 9.67 Å². The largest absolute Gasteiger partial charge is 0.375 e. The Morgan fingerprint density at radius 2 is 2.12 bits per heavy atom. The van der Waals surface area contributed by atoms with E-state index in [9.17, 15) is 4.79 Å². The highest BCUT2D eigenvalue weighted by Gasteiger charge is 2.31. The van der Waals surface area contributed by atoms with E-state index in [1.54, 1.807) is 15.6 Å². The van der Waals surface area contributed by atoms with Crippen LogP contribution in [0, 0.1) is 0 Å². The maximum atomic E-state index is 12.9. The molecular weight excluding hydrogens is 328 g/mol. The summed E-state index contributed by atoms with van der Waals surface area (Å²) in [5, 5.41) is 5.01. The van der Waals surface area contributed by atoms with Gasteiger partial charge >= 0.3 is 0 Å². The van der Waals surface area contributed by atoms with Gasteiger partial charge in [-0.15, -0.1) is 5.10 Å². The van der Waals surface area contributed by atoms with Gasteiger partial charge in [-0.3, -0.25) is 4.79 Å². The van der Waals surface area contributed by atoms with E-state index in [1.807, 2.05) is 39.0 Å². The Labute approximate surface area is 146 Å². The first-order valence-corrected chi connectivity index (χ1v) is 8.52. The number of para-hydroxylation sites is 1. The van der Waals surface area contributed by atoms with E-state index in [0.717, 1.165) is 5.69 Å². The lowest BCUT2D eigenvalue weighted by atomic mass is 10.2. The minimum Gasteiger partial charge on any atom is -0.375 e. The maximum absolute atomic E-state index is 12.9. The van der Waals surface area contributed by atoms with Crippen LogP contribution in [0.1, 0.15) is 37.2 Å². The SMILES string of the molecule is CCc1nc(C(=O)N2CC(C)OCC2C)nn1-c1ccccc1Cl. The summed E-state index contributed by atoms with van der Waals surface area (Å²) in [5.41, 5.74) is 0.728. The third-order valence-corrected chi connectivity index (χ3v) is 4.45. The molecule has 0 bridgehead atoms. The number of benzene rings is 1. The number of hydrogen-bond acceptors (Lipinski definition) is 4. The molecule has 1 aromatic heterocycles. The number of aromatic nitrogens is 3. The van der Waals surface area contributed by atoms with Crippen molar-refractivity contribution in [2.24, 2.45) is 0 Å². The molecule has 1 saturated heterocycles. The minimum atomic E-state index is -0.168. The summed E-state index contributed by atoms with van der Waals surface area (Å²) in [6.07, 6.45) is 0.669. The highest BCUT2D eigenvalue weighted by molar-refractivity contribution is 6.32. The van der Waals surface area contributed by atoms with Gasteiger partial charge in [-0.05, 0) is 26.0 Å². The van der Waals surface area contributed by atoms with Crippen molar-refractivity contribution in [1.29, 1.82) is 0 Å². The van der Waals surface area contributed by atoms with Crippen LogP contribution in [0.25, 0.3) is 5.69 Å². The molecule has 128 valence electrons. The second-order valence-corrected chi connectivity index (χ2v) is 6.43. The molecular formula is C17H21ClN4O2. The van der Waals surface area contributed by atoms with E-state index in [-0.39, 0.29) is 23.9 Å². The van der Waals surface area contributed by atoms with E-state index in [2.05, 4.69) is 10.1 Å². The molecule has 2 aromatic rings. The van der Waals surface area contributed by atoms with Crippen molar-refractivity contribution in [3.63, 3.8) is 0 Å². The number of ether oxygens (including phenoxy) is 1. The molecule has 2 atom stereocenters. The number of aryl methyl sites for hydroxylation is 1. The number of morpholine rings is 1. The van der Waals surface area contributed by atoms with Gasteiger partial charge in [-0.2, -0.15) is 0 Å². The number of rotatable bonds is 3. The van der Waals surface area contributed by atoms with Crippen molar-refractivity contribution in [2.45, 2.75) is 39.3 Å². The molecule has 7 heteroatoms. The lowest BCUT2D eigenvalue weighted by Gasteiger charge is -2.36. The monoisotopic (exact) mass is 348 g/mol. The molecule has 24 heavy (non-hydrogen) atoms. The highest BCUT2D eigenvalue weighted by Crippen LogP contribution is 2.21. The zero-order chi connectivity index (χ0) is 17.3. The van der Waals surface area contributed by atoms with E-state index >= 15 is 0 Å². The molecule has 0 aliphatic carbocycles. The van der Waals surface area contributed by atoms with Crippen LogP contribution < -0.4 is 0 Å². The van der Waals surface area contributed by atoms with Crippen molar-refractivity contribution < 1.29 is 9.53 Å². The summed E-state index contributed by atoms with van der Waals surface area (Å²) < 4.78 is 7.24. The van der Waals surface area contributed by atoms with Gasteiger partial charge in [0.05, 0.1) is 29.5 Å². The van der Waals surface area contributed by atoms with Crippen molar-refractivity contribution in [3.05, 3.63) is 40.9 Å². The molecule has 0 radical (unpaired) electrons. The van der Waals surface area contributed by atoms with Gasteiger partial charge in [0.1, 0.15) is 5.82 Å². The number of amides is 1. The third-order valence-electron chi connectivity index (χ3n) is 4.13. The topological polar surface area (TPSA) is 60.3 Å². The van der Waals surface area contributed by atoms with Crippen molar-refractivity contribution in [2.75, 3.05) is 13.2 Å². The van der Waals surface area contributed by atoms with Crippen LogP contribution in [0.2, 0.25) is 5.02 Å². The standard InChI is InChI=1S/C17H21ClN4O2/c1-4-15-19-16(17(23)21-9-12(3)24-10-11(21)2)20-22(15)14-8-6-5-7-13(14)18/h5-8,11-12H,4,9-10H2,1-3H3. The maximum Gasteiger partial charge on any atom is 0.293 e. The van der Waals surface area contributed by atoms with Crippen LogP contribution in [0.15, 0.2) is 24.3 Å². The minimum absolute atomic E-state index is 0.00559. The zero-order valence-electron chi connectivity index (χ0n) is 14.1. The lowest BCUT2D eigenvalue weighted by molar-refractivity contribution is -0.0391. The number of hydrogen-bond donors (Lipinski definition) is 0. The molecule has 1 aliphatic rings. The molecule has 2 heterocycles. The Kier molecular flexibility index (Phi) is 4.87. The zero-order valence-corrected chi connectivity index (χ0v) is 14.8. The first-order valence-electron chi connectivity index (χ1n) is 8.14. The van der Waals surface area contributed by atoms with E-state index in [1.165, 1.54) is 0 Å². The Balaban J connectivity index is 1.95. The third kappa shape index (κ3) is 3.16. The number of nitrogens with zero attached hydrogens (tertiary/aromatic N) is 4. The lowest BCUT2D eigenvalue weighted by Crippen LogP contribution is -2.50. The van der Waals surface area contributed by atoms with E-state index < -0.39 is 0 Å². The fourth-order valence-corrected chi connectivity index (χ4v) is 3.01. The summed E-state index contributed by atoms with van der Waals surface area (Å²) in [6, 6.07) is 7.41. The predicted octanol–water partition coefficient (Wildman–Crippen LogP) is 2.73. The van der Waals surface area contributed by atoms with Crippen LogP contribution in [0.3, 0.4) is 0 Å². The fourth-order valence-electron chi connectivity index (χ4n) is 2.79. The molecule has 2 unspecified atom stereocenters. The average Bonchev–Trinajstić information content (AvgIpc) is 3.01. The van der Waals surface area contributed by atoms with Gasteiger partial charge in [0.15, 0.2) is 0 Å². The molecule has 0 saturated carbocycles.